The number of carbonyl (C=O) groups excluding carboxylic acids is 3. The molecule has 4 amide bonds. The van der Waals surface area contributed by atoms with E-state index < -0.39 is 17.8 Å². The van der Waals surface area contributed by atoms with Gasteiger partial charge >= 0.3 is 6.03 Å². The molecule has 4 aromatic rings. The monoisotopic (exact) mass is 470 g/mol. The Balaban J connectivity index is 1.42. The van der Waals surface area contributed by atoms with Crippen LogP contribution in [0.25, 0.3) is 16.8 Å². The Morgan fingerprint density at radius 1 is 0.912 bits per heavy atom. The van der Waals surface area contributed by atoms with Gasteiger partial charge < -0.3 is 9.15 Å². The highest BCUT2D eigenvalue weighted by Gasteiger charge is 2.37. The lowest BCUT2D eigenvalue weighted by Gasteiger charge is -2.26. The number of amides is 4. The standard InChI is InChI=1S/C26H18N2O5S/c1-32-18-11-9-17(10-12-18)28-25(30)21(24(29)27-26(28)31)15-19-13-14-23(33-19)34-22-8-4-6-16-5-2-3-7-20(16)22/h2-15H,1H3,(H,27,29,31). The summed E-state index contributed by atoms with van der Waals surface area (Å²) in [7, 11) is 1.52. The van der Waals surface area contributed by atoms with Gasteiger partial charge in [-0.25, -0.2) is 9.69 Å². The second kappa shape index (κ2) is 8.92. The molecular weight excluding hydrogens is 452 g/mol. The van der Waals surface area contributed by atoms with E-state index >= 15 is 0 Å². The molecule has 168 valence electrons. The molecule has 0 radical (unpaired) electrons. The number of urea groups is 1. The van der Waals surface area contributed by atoms with E-state index in [4.69, 9.17) is 9.15 Å². The minimum absolute atomic E-state index is 0.202. The van der Waals surface area contributed by atoms with Crippen molar-refractivity contribution in [3.8, 4) is 5.75 Å². The predicted molar refractivity (Wildman–Crippen MR) is 129 cm³/mol. The first kappa shape index (κ1) is 21.5. The van der Waals surface area contributed by atoms with Crippen molar-refractivity contribution in [1.82, 2.24) is 5.32 Å². The van der Waals surface area contributed by atoms with Crippen LogP contribution in [0.4, 0.5) is 10.5 Å². The zero-order chi connectivity index (χ0) is 23.7. The molecule has 1 aromatic heterocycles. The van der Waals surface area contributed by atoms with E-state index in [2.05, 4.69) is 5.32 Å². The highest BCUT2D eigenvalue weighted by atomic mass is 32.2. The van der Waals surface area contributed by atoms with Crippen LogP contribution >= 0.6 is 11.8 Å². The Hall–Kier alpha value is -4.30. The number of fused-ring (bicyclic) bond motifs is 1. The highest BCUT2D eigenvalue weighted by Crippen LogP contribution is 2.35. The SMILES string of the molecule is COc1ccc(N2C(=O)NC(=O)C(=Cc3ccc(Sc4cccc5ccccc45)o3)C2=O)cc1. The maximum absolute atomic E-state index is 13.0. The average Bonchev–Trinajstić information content (AvgIpc) is 3.29. The molecule has 3 aromatic carbocycles. The van der Waals surface area contributed by atoms with Crippen LogP contribution in [0.3, 0.4) is 0 Å². The first-order chi connectivity index (χ1) is 16.5. The molecule has 1 aliphatic rings. The van der Waals surface area contributed by atoms with E-state index in [1.54, 1.807) is 36.4 Å². The van der Waals surface area contributed by atoms with Crippen molar-refractivity contribution in [1.29, 1.82) is 0 Å². The molecular formula is C26H18N2O5S. The molecule has 1 fully saturated rings. The summed E-state index contributed by atoms with van der Waals surface area (Å²) in [6.45, 7) is 0. The van der Waals surface area contributed by atoms with Gasteiger partial charge in [0.05, 0.1) is 12.8 Å². The summed E-state index contributed by atoms with van der Waals surface area (Å²) < 4.78 is 11.0. The van der Waals surface area contributed by atoms with E-state index in [1.807, 2.05) is 42.5 Å². The smallest absolute Gasteiger partial charge is 0.335 e. The number of benzene rings is 3. The third kappa shape index (κ3) is 4.06. The lowest BCUT2D eigenvalue weighted by molar-refractivity contribution is -0.122. The fourth-order valence-electron chi connectivity index (χ4n) is 3.63. The second-order valence-electron chi connectivity index (χ2n) is 7.39. The Bertz CT molecular complexity index is 1450. The van der Waals surface area contributed by atoms with E-state index in [-0.39, 0.29) is 5.57 Å². The summed E-state index contributed by atoms with van der Waals surface area (Å²) >= 11 is 1.45. The van der Waals surface area contributed by atoms with Crippen LogP contribution < -0.4 is 15.0 Å². The van der Waals surface area contributed by atoms with Crippen molar-refractivity contribution in [3.63, 3.8) is 0 Å². The number of imide groups is 2. The number of hydrogen-bond acceptors (Lipinski definition) is 6. The van der Waals surface area contributed by atoms with Gasteiger partial charge in [-0.3, -0.25) is 14.9 Å². The van der Waals surface area contributed by atoms with Gasteiger partial charge in [0.1, 0.15) is 17.1 Å². The molecule has 0 atom stereocenters. The normalized spacial score (nSPS) is 15.1. The van der Waals surface area contributed by atoms with Gasteiger partial charge in [-0.2, -0.15) is 0 Å². The van der Waals surface area contributed by atoms with Crippen molar-refractivity contribution >= 4 is 52.1 Å². The van der Waals surface area contributed by atoms with Crippen molar-refractivity contribution in [2.75, 3.05) is 12.0 Å². The fourth-order valence-corrected chi connectivity index (χ4v) is 4.56. The number of methoxy groups -OCH3 is 1. The quantitative estimate of drug-likeness (QED) is 0.316. The molecule has 34 heavy (non-hydrogen) atoms. The van der Waals surface area contributed by atoms with Crippen molar-refractivity contribution < 1.29 is 23.5 Å². The largest absolute Gasteiger partial charge is 0.497 e. The maximum Gasteiger partial charge on any atom is 0.335 e. The summed E-state index contributed by atoms with van der Waals surface area (Å²) in [5.74, 6) is -0.615. The van der Waals surface area contributed by atoms with E-state index in [0.717, 1.165) is 20.6 Å². The minimum atomic E-state index is -0.816. The number of ether oxygens (including phenoxy) is 1. The molecule has 7 nitrogen and oxygen atoms in total. The molecule has 0 aliphatic carbocycles. The van der Waals surface area contributed by atoms with Crippen LogP contribution in [-0.4, -0.2) is 25.0 Å². The van der Waals surface area contributed by atoms with Gasteiger partial charge in [0, 0.05) is 4.90 Å². The number of hydrogen-bond donors (Lipinski definition) is 1. The number of furan rings is 1. The second-order valence-corrected chi connectivity index (χ2v) is 8.44. The third-order valence-corrected chi connectivity index (χ3v) is 6.28. The first-order valence-corrected chi connectivity index (χ1v) is 11.2. The first-order valence-electron chi connectivity index (χ1n) is 10.3. The Morgan fingerprint density at radius 2 is 1.68 bits per heavy atom. The maximum atomic E-state index is 13.0. The molecule has 0 unspecified atom stereocenters. The van der Waals surface area contributed by atoms with Crippen LogP contribution in [0.1, 0.15) is 5.76 Å². The summed E-state index contributed by atoms with van der Waals surface area (Å²) in [5, 5.41) is 5.03. The molecule has 2 heterocycles. The molecule has 8 heteroatoms. The van der Waals surface area contributed by atoms with Crippen LogP contribution in [0.5, 0.6) is 5.75 Å². The lowest BCUT2D eigenvalue weighted by Crippen LogP contribution is -2.54. The molecule has 0 saturated carbocycles. The predicted octanol–water partition coefficient (Wildman–Crippen LogP) is 5.26. The van der Waals surface area contributed by atoms with Crippen molar-refractivity contribution in [2.45, 2.75) is 9.99 Å². The van der Waals surface area contributed by atoms with Crippen LogP contribution in [-0.2, 0) is 9.59 Å². The fraction of sp³-hybridized carbons (Fsp3) is 0.0385. The molecule has 1 N–H and O–H groups in total. The molecule has 1 saturated heterocycles. The summed E-state index contributed by atoms with van der Waals surface area (Å²) in [5.41, 5.74) is 0.111. The van der Waals surface area contributed by atoms with Gasteiger partial charge in [0.25, 0.3) is 11.8 Å². The van der Waals surface area contributed by atoms with Gasteiger partial charge in [-0.05, 0) is 59.3 Å². The van der Waals surface area contributed by atoms with Crippen molar-refractivity contribution in [2.24, 2.45) is 0 Å². The van der Waals surface area contributed by atoms with Crippen molar-refractivity contribution in [3.05, 3.63) is 90.2 Å². The van der Waals surface area contributed by atoms with Gasteiger partial charge in [-0.15, -0.1) is 0 Å². The summed E-state index contributed by atoms with van der Waals surface area (Å²) in [6.07, 6.45) is 1.34. The van der Waals surface area contributed by atoms with E-state index in [0.29, 0.717) is 22.3 Å². The number of barbiturate groups is 1. The Labute approximate surface area is 199 Å². The number of carbonyl (C=O) groups is 3. The zero-order valence-corrected chi connectivity index (χ0v) is 18.8. The van der Waals surface area contributed by atoms with Crippen LogP contribution in [0.15, 0.2) is 98.8 Å². The third-order valence-electron chi connectivity index (χ3n) is 5.28. The number of anilines is 1. The Morgan fingerprint density at radius 3 is 2.47 bits per heavy atom. The van der Waals surface area contributed by atoms with Gasteiger partial charge in [0.2, 0.25) is 0 Å². The van der Waals surface area contributed by atoms with Gasteiger partial charge in [-0.1, -0.05) is 48.2 Å². The lowest BCUT2D eigenvalue weighted by atomic mass is 10.1. The molecule has 0 spiro atoms. The average molecular weight is 471 g/mol. The highest BCUT2D eigenvalue weighted by molar-refractivity contribution is 7.99. The summed E-state index contributed by atoms with van der Waals surface area (Å²) in [6, 6.07) is 23.1. The van der Waals surface area contributed by atoms with Crippen LogP contribution in [0, 0.1) is 0 Å². The molecule has 5 rings (SSSR count). The van der Waals surface area contributed by atoms with E-state index in [9.17, 15) is 14.4 Å². The summed E-state index contributed by atoms with van der Waals surface area (Å²) in [4.78, 5) is 39.8. The zero-order valence-electron chi connectivity index (χ0n) is 18.0. The minimum Gasteiger partial charge on any atom is -0.497 e. The molecule has 0 bridgehead atoms. The molecule has 1 aliphatic heterocycles. The number of nitrogens with zero attached hydrogens (tertiary/aromatic N) is 1. The Kier molecular flexibility index (Phi) is 5.65. The van der Waals surface area contributed by atoms with E-state index in [1.165, 1.54) is 24.9 Å². The van der Waals surface area contributed by atoms with Gasteiger partial charge in [0.15, 0.2) is 5.09 Å². The van der Waals surface area contributed by atoms with Crippen LogP contribution in [0.2, 0.25) is 0 Å². The topological polar surface area (TPSA) is 88.8 Å². The number of nitrogens with one attached hydrogen (secondary N) is 1. The number of rotatable bonds is 5.